The monoisotopic (exact) mass is 235 g/mol. The summed E-state index contributed by atoms with van der Waals surface area (Å²) in [6.45, 7) is 9.34. The number of amides is 1. The number of likely N-dealkylation sites (N-methyl/N-ethyl adjacent to an activating group) is 1. The highest BCUT2D eigenvalue weighted by molar-refractivity contribution is 5.84. The molecular formula is C13H21N3O. The number of aryl methyl sites for hydroxylation is 1. The van der Waals surface area contributed by atoms with Crippen molar-refractivity contribution in [1.29, 1.82) is 0 Å². The van der Waals surface area contributed by atoms with Gasteiger partial charge in [0.2, 0.25) is 5.91 Å². The van der Waals surface area contributed by atoms with Crippen molar-refractivity contribution in [3.63, 3.8) is 0 Å². The number of anilines is 1. The number of carbonyl (C=O) groups excluding carboxylic acids is 1. The Morgan fingerprint density at radius 3 is 2.65 bits per heavy atom. The number of pyridine rings is 1. The van der Waals surface area contributed by atoms with E-state index in [9.17, 15) is 4.79 Å². The Morgan fingerprint density at radius 2 is 2.12 bits per heavy atom. The van der Waals surface area contributed by atoms with Gasteiger partial charge in [-0.15, -0.1) is 0 Å². The van der Waals surface area contributed by atoms with Crippen LogP contribution in [0.15, 0.2) is 18.5 Å². The van der Waals surface area contributed by atoms with Crippen molar-refractivity contribution in [3.05, 3.63) is 24.0 Å². The lowest BCUT2D eigenvalue weighted by atomic mass is 10.2. The molecule has 0 radical (unpaired) electrons. The van der Waals surface area contributed by atoms with E-state index >= 15 is 0 Å². The van der Waals surface area contributed by atoms with E-state index < -0.39 is 0 Å². The standard InChI is InChI=1S/C13H21N3O/c1-5-16(6-2)13(17)11(4)15-12-7-8-14-9-10(12)3/h7-9,11H,5-6H2,1-4H3,(H,14,15). The molecule has 1 atom stereocenters. The third-order valence-corrected chi connectivity index (χ3v) is 2.84. The van der Waals surface area contributed by atoms with Gasteiger partial charge in [0.1, 0.15) is 6.04 Å². The predicted molar refractivity (Wildman–Crippen MR) is 70.0 cm³/mol. The molecule has 1 amide bonds. The van der Waals surface area contributed by atoms with Crippen molar-refractivity contribution in [2.45, 2.75) is 33.7 Å². The Balaban J connectivity index is 2.69. The van der Waals surface area contributed by atoms with Gasteiger partial charge in [-0.25, -0.2) is 0 Å². The lowest BCUT2D eigenvalue weighted by Gasteiger charge is -2.24. The van der Waals surface area contributed by atoms with Crippen LogP contribution >= 0.6 is 0 Å². The summed E-state index contributed by atoms with van der Waals surface area (Å²) in [4.78, 5) is 17.9. The molecule has 1 aromatic heterocycles. The third kappa shape index (κ3) is 3.44. The summed E-state index contributed by atoms with van der Waals surface area (Å²) in [6.07, 6.45) is 3.51. The Labute approximate surface area is 103 Å². The Bertz CT molecular complexity index is 375. The molecule has 4 nitrogen and oxygen atoms in total. The molecule has 0 spiro atoms. The SMILES string of the molecule is CCN(CC)C(=O)C(C)Nc1ccncc1C. The molecule has 1 rings (SSSR count). The van der Waals surface area contributed by atoms with Crippen LogP contribution < -0.4 is 5.32 Å². The van der Waals surface area contributed by atoms with Gasteiger partial charge in [0, 0.05) is 31.2 Å². The van der Waals surface area contributed by atoms with Crippen LogP contribution in [-0.4, -0.2) is 34.9 Å². The highest BCUT2D eigenvalue weighted by Crippen LogP contribution is 2.13. The van der Waals surface area contributed by atoms with Crippen LogP contribution in [0.25, 0.3) is 0 Å². The third-order valence-electron chi connectivity index (χ3n) is 2.84. The highest BCUT2D eigenvalue weighted by atomic mass is 16.2. The molecule has 0 aromatic carbocycles. The number of rotatable bonds is 5. The molecule has 0 fully saturated rings. The van der Waals surface area contributed by atoms with E-state index in [0.29, 0.717) is 0 Å². The maximum Gasteiger partial charge on any atom is 0.244 e. The molecule has 0 aliphatic carbocycles. The minimum atomic E-state index is -0.212. The molecule has 1 unspecified atom stereocenters. The van der Waals surface area contributed by atoms with Crippen molar-refractivity contribution in [2.75, 3.05) is 18.4 Å². The number of hydrogen-bond donors (Lipinski definition) is 1. The van der Waals surface area contributed by atoms with E-state index in [2.05, 4.69) is 10.3 Å². The van der Waals surface area contributed by atoms with Crippen LogP contribution in [0.3, 0.4) is 0 Å². The van der Waals surface area contributed by atoms with Crippen LogP contribution in [0.2, 0.25) is 0 Å². The molecule has 0 aliphatic heterocycles. The fraction of sp³-hybridized carbons (Fsp3) is 0.538. The normalized spacial score (nSPS) is 12.0. The number of hydrogen-bond acceptors (Lipinski definition) is 3. The summed E-state index contributed by atoms with van der Waals surface area (Å²) in [5, 5.41) is 3.23. The van der Waals surface area contributed by atoms with Gasteiger partial charge in [-0.3, -0.25) is 9.78 Å². The summed E-state index contributed by atoms with van der Waals surface area (Å²) >= 11 is 0. The zero-order chi connectivity index (χ0) is 12.8. The molecule has 17 heavy (non-hydrogen) atoms. The van der Waals surface area contributed by atoms with Crippen LogP contribution in [-0.2, 0) is 4.79 Å². The second kappa shape index (κ2) is 6.23. The fourth-order valence-electron chi connectivity index (χ4n) is 1.74. The predicted octanol–water partition coefficient (Wildman–Crippen LogP) is 2.06. The quantitative estimate of drug-likeness (QED) is 0.849. The minimum absolute atomic E-state index is 0.131. The lowest BCUT2D eigenvalue weighted by Crippen LogP contribution is -2.41. The van der Waals surface area contributed by atoms with Gasteiger partial charge < -0.3 is 10.2 Å². The smallest absolute Gasteiger partial charge is 0.244 e. The van der Waals surface area contributed by atoms with Gasteiger partial charge in [-0.05, 0) is 39.3 Å². The summed E-state index contributed by atoms with van der Waals surface area (Å²) < 4.78 is 0. The summed E-state index contributed by atoms with van der Waals surface area (Å²) in [5.41, 5.74) is 2.01. The van der Waals surface area contributed by atoms with E-state index in [-0.39, 0.29) is 11.9 Å². The van der Waals surface area contributed by atoms with Crippen LogP contribution in [0.4, 0.5) is 5.69 Å². The number of nitrogens with one attached hydrogen (secondary N) is 1. The number of nitrogens with zero attached hydrogens (tertiary/aromatic N) is 2. The average molecular weight is 235 g/mol. The first-order chi connectivity index (χ1) is 8.10. The second-order valence-corrected chi connectivity index (χ2v) is 4.07. The zero-order valence-corrected chi connectivity index (χ0v) is 11.0. The molecular weight excluding hydrogens is 214 g/mol. The molecule has 0 saturated heterocycles. The Morgan fingerprint density at radius 1 is 1.47 bits per heavy atom. The summed E-state index contributed by atoms with van der Waals surface area (Å²) in [7, 11) is 0. The van der Waals surface area contributed by atoms with Crippen molar-refractivity contribution in [3.8, 4) is 0 Å². The van der Waals surface area contributed by atoms with E-state index in [4.69, 9.17) is 0 Å². The van der Waals surface area contributed by atoms with Gasteiger partial charge in [-0.2, -0.15) is 0 Å². The molecule has 1 heterocycles. The molecule has 0 aliphatic rings. The van der Waals surface area contributed by atoms with Gasteiger partial charge >= 0.3 is 0 Å². The van der Waals surface area contributed by atoms with E-state index in [0.717, 1.165) is 24.3 Å². The highest BCUT2D eigenvalue weighted by Gasteiger charge is 2.18. The second-order valence-electron chi connectivity index (χ2n) is 4.07. The maximum atomic E-state index is 12.1. The van der Waals surface area contributed by atoms with Crippen LogP contribution in [0.1, 0.15) is 26.3 Å². The van der Waals surface area contributed by atoms with Crippen molar-refractivity contribution >= 4 is 11.6 Å². The van der Waals surface area contributed by atoms with E-state index in [1.54, 1.807) is 12.4 Å². The van der Waals surface area contributed by atoms with Crippen molar-refractivity contribution in [1.82, 2.24) is 9.88 Å². The Hall–Kier alpha value is -1.58. The van der Waals surface area contributed by atoms with Crippen molar-refractivity contribution in [2.24, 2.45) is 0 Å². The molecule has 0 saturated carbocycles. The van der Waals surface area contributed by atoms with E-state index in [1.807, 2.05) is 38.7 Å². The number of aromatic nitrogens is 1. The first kappa shape index (κ1) is 13.5. The van der Waals surface area contributed by atoms with Crippen LogP contribution in [0.5, 0.6) is 0 Å². The Kier molecular flexibility index (Phi) is 4.94. The van der Waals surface area contributed by atoms with E-state index in [1.165, 1.54) is 0 Å². The largest absolute Gasteiger partial charge is 0.374 e. The topological polar surface area (TPSA) is 45.2 Å². The van der Waals surface area contributed by atoms with Gasteiger partial charge in [0.05, 0.1) is 0 Å². The van der Waals surface area contributed by atoms with Gasteiger partial charge in [0.25, 0.3) is 0 Å². The first-order valence-corrected chi connectivity index (χ1v) is 6.06. The zero-order valence-electron chi connectivity index (χ0n) is 11.0. The first-order valence-electron chi connectivity index (χ1n) is 6.06. The van der Waals surface area contributed by atoms with Gasteiger partial charge in [-0.1, -0.05) is 0 Å². The van der Waals surface area contributed by atoms with Crippen LogP contribution in [0, 0.1) is 6.92 Å². The minimum Gasteiger partial charge on any atom is -0.374 e. The number of carbonyl (C=O) groups is 1. The summed E-state index contributed by atoms with van der Waals surface area (Å²) in [6, 6.07) is 1.68. The molecule has 4 heteroatoms. The van der Waals surface area contributed by atoms with Crippen molar-refractivity contribution < 1.29 is 4.79 Å². The summed E-state index contributed by atoms with van der Waals surface area (Å²) in [5.74, 6) is 0.131. The molecule has 0 bridgehead atoms. The maximum absolute atomic E-state index is 12.1. The molecule has 94 valence electrons. The average Bonchev–Trinajstić information content (AvgIpc) is 2.33. The lowest BCUT2D eigenvalue weighted by molar-refractivity contribution is -0.131. The van der Waals surface area contributed by atoms with Gasteiger partial charge in [0.15, 0.2) is 0 Å². The molecule has 1 aromatic rings. The fourth-order valence-corrected chi connectivity index (χ4v) is 1.74. The molecule has 1 N–H and O–H groups in total.